The Morgan fingerprint density at radius 1 is 0.543 bits per heavy atom. The molecular weight excluding hydrogens is 640 g/mol. The molecule has 1 heterocycles. The molecule has 0 radical (unpaired) electrons. The fourth-order valence-electron chi connectivity index (χ4n) is 5.87. The van der Waals surface area contributed by atoms with Gasteiger partial charge < -0.3 is 0 Å². The Labute approximate surface area is 264 Å². The summed E-state index contributed by atoms with van der Waals surface area (Å²) in [7, 11) is -0.953. The summed E-state index contributed by atoms with van der Waals surface area (Å²) < 4.78 is 145. The van der Waals surface area contributed by atoms with E-state index in [-0.39, 0.29) is 28.3 Å². The van der Waals surface area contributed by atoms with Crippen molar-refractivity contribution in [2.75, 3.05) is 6.16 Å². The lowest BCUT2D eigenvalue weighted by atomic mass is 9.37. The van der Waals surface area contributed by atoms with Gasteiger partial charge >= 0.3 is 0 Å². The van der Waals surface area contributed by atoms with Crippen molar-refractivity contribution in [3.63, 3.8) is 0 Å². The quantitative estimate of drug-likeness (QED) is 0.0804. The standard InChI is InChI=1S/C34H36BF10P/c1-32(2,3)15-12-17(33(4,5)6)31(18(13-15)34(7,8)9)46-14-16(46)10-11-35(19-21(36)25(40)29(44)26(41)22(19)37)20-23(38)27(42)30(45)28(43)24(20)39/h12-13,16H,10-11,14H2,1-9H3. The van der Waals surface area contributed by atoms with Crippen molar-refractivity contribution in [1.82, 2.24) is 0 Å². The van der Waals surface area contributed by atoms with Crippen molar-refractivity contribution in [2.24, 2.45) is 0 Å². The number of halogens is 10. The molecule has 0 bridgehead atoms. The minimum absolute atomic E-state index is 0.0381. The van der Waals surface area contributed by atoms with E-state index < -0.39 is 90.1 Å². The topological polar surface area (TPSA) is 0 Å². The Balaban J connectivity index is 1.85. The van der Waals surface area contributed by atoms with Crippen molar-refractivity contribution < 1.29 is 43.9 Å². The van der Waals surface area contributed by atoms with Gasteiger partial charge in [0.05, 0.1) is 0 Å². The first-order valence-corrected chi connectivity index (χ1v) is 16.5. The van der Waals surface area contributed by atoms with Gasteiger partial charge in [-0.3, -0.25) is 0 Å². The third-order valence-electron chi connectivity index (χ3n) is 8.57. The van der Waals surface area contributed by atoms with Crippen molar-refractivity contribution in [3.05, 3.63) is 87.0 Å². The molecule has 1 fully saturated rings. The number of rotatable bonds is 6. The molecule has 2 atom stereocenters. The molecule has 3 aromatic rings. The monoisotopic (exact) mass is 676 g/mol. The molecule has 2 unspecified atom stereocenters. The molecule has 0 aromatic heterocycles. The molecule has 46 heavy (non-hydrogen) atoms. The lowest BCUT2D eigenvalue weighted by Crippen LogP contribution is -2.50. The van der Waals surface area contributed by atoms with Gasteiger partial charge in [-0.15, -0.1) is 0 Å². The molecule has 3 aromatic carbocycles. The highest BCUT2D eigenvalue weighted by atomic mass is 31.1. The van der Waals surface area contributed by atoms with Crippen LogP contribution in [-0.4, -0.2) is 18.5 Å². The van der Waals surface area contributed by atoms with Crippen molar-refractivity contribution in [3.8, 4) is 0 Å². The fraction of sp³-hybridized carbons (Fsp3) is 0.471. The van der Waals surface area contributed by atoms with E-state index in [9.17, 15) is 26.3 Å². The van der Waals surface area contributed by atoms with Crippen LogP contribution in [0.1, 0.15) is 85.4 Å². The maximum atomic E-state index is 15.0. The van der Waals surface area contributed by atoms with E-state index in [1.807, 2.05) is 0 Å². The first-order chi connectivity index (χ1) is 20.9. The van der Waals surface area contributed by atoms with E-state index in [4.69, 9.17) is 0 Å². The molecule has 12 heteroatoms. The summed E-state index contributed by atoms with van der Waals surface area (Å²) in [6.45, 7) is 16.4. The highest BCUT2D eigenvalue weighted by Crippen LogP contribution is 2.62. The lowest BCUT2D eigenvalue weighted by molar-refractivity contribution is 0.382. The van der Waals surface area contributed by atoms with Crippen LogP contribution in [0.2, 0.25) is 6.32 Å². The van der Waals surface area contributed by atoms with Gasteiger partial charge in [-0.05, 0) is 50.1 Å². The molecule has 250 valence electrons. The van der Waals surface area contributed by atoms with Crippen LogP contribution >= 0.6 is 7.92 Å². The molecule has 1 saturated heterocycles. The molecule has 1 aliphatic rings. The summed E-state index contributed by atoms with van der Waals surface area (Å²) in [6.07, 6.45) is -0.0865. The normalized spacial score (nSPS) is 17.1. The van der Waals surface area contributed by atoms with Crippen molar-refractivity contribution in [1.29, 1.82) is 0 Å². The third kappa shape index (κ3) is 6.46. The summed E-state index contributed by atoms with van der Waals surface area (Å²) >= 11 is 0. The first-order valence-electron chi connectivity index (χ1n) is 14.9. The van der Waals surface area contributed by atoms with Crippen LogP contribution in [0.4, 0.5) is 43.9 Å². The van der Waals surface area contributed by atoms with Crippen LogP contribution in [-0.2, 0) is 16.2 Å². The Bertz CT molecular complexity index is 1540. The number of hydrogen-bond acceptors (Lipinski definition) is 0. The fourth-order valence-corrected chi connectivity index (χ4v) is 9.08. The lowest BCUT2D eigenvalue weighted by Gasteiger charge is -2.34. The Morgan fingerprint density at radius 3 is 1.17 bits per heavy atom. The van der Waals surface area contributed by atoms with E-state index in [1.165, 1.54) is 0 Å². The zero-order valence-electron chi connectivity index (χ0n) is 27.2. The van der Waals surface area contributed by atoms with Crippen LogP contribution in [0.25, 0.3) is 0 Å². The second kappa shape index (κ2) is 12.2. The summed E-state index contributed by atoms with van der Waals surface area (Å²) in [5, 5.41) is 1.11. The van der Waals surface area contributed by atoms with E-state index in [0.717, 1.165) is 22.0 Å². The molecule has 0 nitrogen and oxygen atoms in total. The second-order valence-corrected chi connectivity index (χ2v) is 17.6. The third-order valence-corrected chi connectivity index (χ3v) is 11.3. The summed E-state index contributed by atoms with van der Waals surface area (Å²) in [6, 6.07) is 4.32. The van der Waals surface area contributed by atoms with E-state index in [0.29, 0.717) is 6.16 Å². The van der Waals surface area contributed by atoms with Gasteiger partial charge in [0.1, 0.15) is 0 Å². The Kier molecular flexibility index (Phi) is 9.60. The highest BCUT2D eigenvalue weighted by Gasteiger charge is 2.46. The summed E-state index contributed by atoms with van der Waals surface area (Å²) in [5.41, 5.74) is -0.985. The van der Waals surface area contributed by atoms with Crippen molar-refractivity contribution >= 4 is 30.9 Å². The van der Waals surface area contributed by atoms with Crippen molar-refractivity contribution in [2.45, 2.75) is 97.0 Å². The SMILES string of the molecule is CC(C)(C)c1cc(C(C)(C)C)c(P2CC2CCB(c2c(F)c(F)c(F)c(F)c2F)c2c(F)c(F)c(F)c(F)c2F)c(C(C)(C)C)c1. The first kappa shape index (κ1) is 36.3. The smallest absolute Gasteiger partial charge is 0.204 e. The second-order valence-electron chi connectivity index (χ2n) is 15.1. The van der Waals surface area contributed by atoms with Gasteiger partial charge in [0.15, 0.2) is 58.2 Å². The van der Waals surface area contributed by atoms with Gasteiger partial charge in [-0.2, -0.15) is 0 Å². The van der Waals surface area contributed by atoms with Crippen LogP contribution in [0.3, 0.4) is 0 Å². The van der Waals surface area contributed by atoms with Crippen LogP contribution in [0.5, 0.6) is 0 Å². The van der Waals surface area contributed by atoms with Gasteiger partial charge in [0, 0.05) is 10.9 Å². The van der Waals surface area contributed by atoms with Crippen LogP contribution in [0.15, 0.2) is 12.1 Å². The largest absolute Gasteiger partial charge is 0.225 e. The van der Waals surface area contributed by atoms with Gasteiger partial charge in [0.25, 0.3) is 0 Å². The highest BCUT2D eigenvalue weighted by molar-refractivity contribution is 7.73. The predicted octanol–water partition coefficient (Wildman–Crippen LogP) is 9.16. The molecule has 0 saturated carbocycles. The van der Waals surface area contributed by atoms with E-state index >= 15 is 17.6 Å². The number of benzene rings is 3. The molecule has 4 rings (SSSR count). The Morgan fingerprint density at radius 2 is 0.870 bits per heavy atom. The van der Waals surface area contributed by atoms with Gasteiger partial charge in [-0.25, -0.2) is 43.9 Å². The number of hydrogen-bond donors (Lipinski definition) is 0. The minimum atomic E-state index is -2.51. The average molecular weight is 676 g/mol. The maximum Gasteiger partial charge on any atom is 0.225 e. The Hall–Kier alpha value is -2.55. The maximum absolute atomic E-state index is 15.0. The molecule has 0 aliphatic carbocycles. The van der Waals surface area contributed by atoms with Crippen LogP contribution in [0, 0.1) is 58.2 Å². The minimum Gasteiger partial charge on any atom is -0.204 e. The molecule has 0 amide bonds. The molecule has 0 N–H and O–H groups in total. The summed E-state index contributed by atoms with van der Waals surface area (Å²) in [4.78, 5) is 0. The van der Waals surface area contributed by atoms with E-state index in [2.05, 4.69) is 74.4 Å². The molecule has 0 spiro atoms. The van der Waals surface area contributed by atoms with E-state index in [1.54, 1.807) is 0 Å². The zero-order valence-corrected chi connectivity index (χ0v) is 28.1. The predicted molar refractivity (Wildman–Crippen MR) is 165 cm³/mol. The van der Waals surface area contributed by atoms with Gasteiger partial charge in [0.2, 0.25) is 6.71 Å². The summed E-state index contributed by atoms with van der Waals surface area (Å²) in [5.74, 6) is -24.2. The zero-order chi connectivity index (χ0) is 35.0. The molecule has 1 aliphatic heterocycles. The average Bonchev–Trinajstić information content (AvgIpc) is 3.72. The van der Waals surface area contributed by atoms with Gasteiger partial charge in [-0.1, -0.05) is 95.1 Å². The molecular formula is C34H36BF10P. The van der Waals surface area contributed by atoms with Crippen LogP contribution < -0.4 is 16.2 Å².